The molecule has 0 fully saturated rings. The molecule has 5 nitrogen and oxygen atoms in total. The molecule has 0 saturated carbocycles. The molecular weight excluding hydrogens is 358 g/mol. The van der Waals surface area contributed by atoms with E-state index in [2.05, 4.69) is 10.3 Å². The number of benzene rings is 2. The fourth-order valence-corrected chi connectivity index (χ4v) is 3.82. The maximum absolute atomic E-state index is 12.8. The number of hydrogen-bond donors (Lipinski definition) is 1. The van der Waals surface area contributed by atoms with Crippen molar-refractivity contribution in [1.29, 1.82) is 0 Å². The van der Waals surface area contributed by atoms with E-state index in [4.69, 9.17) is 11.6 Å². The minimum atomic E-state index is -0.346. The van der Waals surface area contributed by atoms with E-state index in [9.17, 15) is 9.59 Å². The molecule has 0 unspecified atom stereocenters. The molecule has 124 valence electrons. The zero-order valence-corrected chi connectivity index (χ0v) is 14.7. The minimum Gasteiger partial charge on any atom is -0.316 e. The second kappa shape index (κ2) is 5.98. The van der Waals surface area contributed by atoms with Crippen LogP contribution in [0.15, 0.2) is 53.5 Å². The third kappa shape index (κ3) is 2.79. The number of nitrogens with zero attached hydrogens (tertiary/aromatic N) is 2. The van der Waals surface area contributed by atoms with Gasteiger partial charge in [0, 0.05) is 10.6 Å². The number of carbonyl (C=O) groups excluding carboxylic acids is 1. The lowest BCUT2D eigenvalue weighted by molar-refractivity contribution is 0.102. The second-order valence-corrected chi connectivity index (χ2v) is 7.07. The monoisotopic (exact) mass is 369 g/mol. The highest BCUT2D eigenvalue weighted by Gasteiger charge is 2.14. The normalized spacial score (nSPS) is 11.1. The van der Waals surface area contributed by atoms with Gasteiger partial charge in [-0.25, -0.2) is 9.38 Å². The van der Waals surface area contributed by atoms with E-state index in [-0.39, 0.29) is 17.2 Å². The Labute approximate surface area is 151 Å². The van der Waals surface area contributed by atoms with Gasteiger partial charge in [0.05, 0.1) is 16.4 Å². The number of carbonyl (C=O) groups is 1. The van der Waals surface area contributed by atoms with E-state index < -0.39 is 0 Å². The first-order valence-corrected chi connectivity index (χ1v) is 8.70. The average molecular weight is 370 g/mol. The van der Waals surface area contributed by atoms with Crippen LogP contribution >= 0.6 is 22.9 Å². The Bertz CT molecular complexity index is 1180. The fourth-order valence-electron chi connectivity index (χ4n) is 2.56. The SMILES string of the molecule is Cc1ccc(C(=O)Nc2cnc3sc4cc(Cl)ccc4n3c2=O)cc1. The summed E-state index contributed by atoms with van der Waals surface area (Å²) in [6.45, 7) is 1.94. The first-order chi connectivity index (χ1) is 12.0. The molecule has 0 bridgehead atoms. The molecule has 0 spiro atoms. The van der Waals surface area contributed by atoms with Gasteiger partial charge in [0.2, 0.25) is 0 Å². The fraction of sp³-hybridized carbons (Fsp3) is 0.0556. The molecule has 2 aromatic carbocycles. The number of hydrogen-bond acceptors (Lipinski definition) is 4. The quantitative estimate of drug-likeness (QED) is 0.578. The van der Waals surface area contributed by atoms with Gasteiger partial charge in [0.15, 0.2) is 4.96 Å². The highest BCUT2D eigenvalue weighted by Crippen LogP contribution is 2.27. The van der Waals surface area contributed by atoms with Crippen LogP contribution < -0.4 is 10.9 Å². The Kier molecular flexibility index (Phi) is 3.78. The predicted molar refractivity (Wildman–Crippen MR) is 101 cm³/mol. The highest BCUT2D eigenvalue weighted by molar-refractivity contribution is 7.23. The van der Waals surface area contributed by atoms with Gasteiger partial charge in [0.1, 0.15) is 5.69 Å². The van der Waals surface area contributed by atoms with Crippen LogP contribution in [0.4, 0.5) is 5.69 Å². The molecule has 2 aromatic heterocycles. The number of fused-ring (bicyclic) bond motifs is 3. The second-order valence-electron chi connectivity index (χ2n) is 5.63. The molecule has 0 saturated heterocycles. The zero-order chi connectivity index (χ0) is 17.6. The van der Waals surface area contributed by atoms with Crippen molar-refractivity contribution in [2.75, 3.05) is 5.32 Å². The van der Waals surface area contributed by atoms with E-state index in [1.54, 1.807) is 30.3 Å². The molecule has 1 N–H and O–H groups in total. The molecule has 0 aliphatic carbocycles. The molecule has 0 aliphatic rings. The number of amides is 1. The molecule has 0 atom stereocenters. The van der Waals surface area contributed by atoms with Crippen molar-refractivity contribution in [3.05, 3.63) is 75.2 Å². The number of halogens is 1. The molecule has 0 radical (unpaired) electrons. The summed E-state index contributed by atoms with van der Waals surface area (Å²) in [7, 11) is 0. The maximum Gasteiger partial charge on any atom is 0.282 e. The summed E-state index contributed by atoms with van der Waals surface area (Å²) in [5.41, 5.74) is 2.07. The standard InChI is InChI=1S/C18H12ClN3O2S/c1-10-2-4-11(5-3-10)16(23)21-13-9-20-18-22(17(13)24)14-7-6-12(19)8-15(14)25-18/h2-9H,1H3,(H,21,23). The lowest BCUT2D eigenvalue weighted by atomic mass is 10.1. The number of aromatic nitrogens is 2. The van der Waals surface area contributed by atoms with Crippen molar-refractivity contribution in [3.8, 4) is 0 Å². The number of anilines is 1. The molecule has 7 heteroatoms. The summed E-state index contributed by atoms with van der Waals surface area (Å²) in [6.07, 6.45) is 1.39. The maximum atomic E-state index is 12.8. The summed E-state index contributed by atoms with van der Waals surface area (Å²) in [6, 6.07) is 12.4. The summed E-state index contributed by atoms with van der Waals surface area (Å²) in [5.74, 6) is -0.346. The third-order valence-electron chi connectivity index (χ3n) is 3.85. The predicted octanol–water partition coefficient (Wildman–Crippen LogP) is 4.12. The van der Waals surface area contributed by atoms with Crippen LogP contribution in [0, 0.1) is 6.92 Å². The Morgan fingerprint density at radius 3 is 2.72 bits per heavy atom. The van der Waals surface area contributed by atoms with Crippen molar-refractivity contribution in [2.45, 2.75) is 6.92 Å². The van der Waals surface area contributed by atoms with Crippen LogP contribution in [0.2, 0.25) is 5.02 Å². The van der Waals surface area contributed by atoms with Gasteiger partial charge < -0.3 is 5.32 Å². The van der Waals surface area contributed by atoms with E-state index in [0.29, 0.717) is 21.1 Å². The lowest BCUT2D eigenvalue weighted by Gasteiger charge is -2.05. The Morgan fingerprint density at radius 1 is 1.20 bits per heavy atom. The summed E-state index contributed by atoms with van der Waals surface area (Å²) >= 11 is 7.38. The van der Waals surface area contributed by atoms with E-state index in [1.807, 2.05) is 19.1 Å². The van der Waals surface area contributed by atoms with Gasteiger partial charge in [-0.2, -0.15) is 0 Å². The van der Waals surface area contributed by atoms with Crippen molar-refractivity contribution in [2.24, 2.45) is 0 Å². The van der Waals surface area contributed by atoms with Gasteiger partial charge in [-0.1, -0.05) is 40.6 Å². The van der Waals surface area contributed by atoms with E-state index in [1.165, 1.54) is 21.9 Å². The highest BCUT2D eigenvalue weighted by atomic mass is 35.5. The van der Waals surface area contributed by atoms with Crippen molar-refractivity contribution in [3.63, 3.8) is 0 Å². The first kappa shape index (κ1) is 15.8. The van der Waals surface area contributed by atoms with Gasteiger partial charge in [-0.15, -0.1) is 0 Å². The van der Waals surface area contributed by atoms with Crippen LogP contribution in [-0.4, -0.2) is 15.3 Å². The topological polar surface area (TPSA) is 63.5 Å². The average Bonchev–Trinajstić information content (AvgIpc) is 2.96. The van der Waals surface area contributed by atoms with Gasteiger partial charge in [0.25, 0.3) is 11.5 Å². The third-order valence-corrected chi connectivity index (χ3v) is 5.11. The van der Waals surface area contributed by atoms with Crippen molar-refractivity contribution >= 4 is 49.7 Å². The van der Waals surface area contributed by atoms with Gasteiger partial charge >= 0.3 is 0 Å². The lowest BCUT2D eigenvalue weighted by Crippen LogP contribution is -2.22. The zero-order valence-electron chi connectivity index (χ0n) is 13.1. The number of nitrogens with one attached hydrogen (secondary N) is 1. The molecule has 0 aliphatic heterocycles. The van der Waals surface area contributed by atoms with Crippen LogP contribution in [0.5, 0.6) is 0 Å². The molecule has 1 amide bonds. The molecule has 25 heavy (non-hydrogen) atoms. The summed E-state index contributed by atoms with van der Waals surface area (Å²) in [5, 5.41) is 3.24. The van der Waals surface area contributed by atoms with Crippen LogP contribution in [-0.2, 0) is 0 Å². The van der Waals surface area contributed by atoms with E-state index in [0.717, 1.165) is 10.3 Å². The van der Waals surface area contributed by atoms with Crippen LogP contribution in [0.1, 0.15) is 15.9 Å². The Morgan fingerprint density at radius 2 is 1.96 bits per heavy atom. The first-order valence-electron chi connectivity index (χ1n) is 7.51. The molecular formula is C18H12ClN3O2S. The Hall–Kier alpha value is -2.70. The van der Waals surface area contributed by atoms with Gasteiger partial charge in [-0.05, 0) is 37.3 Å². The smallest absolute Gasteiger partial charge is 0.282 e. The van der Waals surface area contributed by atoms with E-state index >= 15 is 0 Å². The summed E-state index contributed by atoms with van der Waals surface area (Å²) in [4.78, 5) is 30.0. The van der Waals surface area contributed by atoms with Crippen LogP contribution in [0.25, 0.3) is 15.2 Å². The summed E-state index contributed by atoms with van der Waals surface area (Å²) < 4.78 is 2.35. The number of aryl methyl sites for hydroxylation is 1. The number of rotatable bonds is 2. The van der Waals surface area contributed by atoms with Crippen molar-refractivity contribution in [1.82, 2.24) is 9.38 Å². The molecule has 4 aromatic rings. The van der Waals surface area contributed by atoms with Crippen LogP contribution in [0.3, 0.4) is 0 Å². The van der Waals surface area contributed by atoms with Gasteiger partial charge in [-0.3, -0.25) is 9.59 Å². The number of thiazole rings is 1. The minimum absolute atomic E-state index is 0.137. The Balaban J connectivity index is 1.79. The largest absolute Gasteiger partial charge is 0.316 e. The molecule has 4 rings (SSSR count). The molecule has 2 heterocycles. The van der Waals surface area contributed by atoms with Crippen molar-refractivity contribution < 1.29 is 4.79 Å².